The van der Waals surface area contributed by atoms with E-state index in [2.05, 4.69) is 13.5 Å². The van der Waals surface area contributed by atoms with Gasteiger partial charge < -0.3 is 10.2 Å². The Morgan fingerprint density at radius 3 is 2.69 bits per heavy atom. The molecular weight excluding hydrogens is 200 g/mol. The van der Waals surface area contributed by atoms with E-state index in [0.717, 1.165) is 32.1 Å². The standard InChI is InChI=1S/C14H24O2/c1-10-5-4-6-11-13(10,2)8-7-12(16)14(11,3)9-15/h11-12,15-16H,1,4-9H2,2-3H3/t11-,12+,13-,14-/m1/s1. The number of fused-ring (bicyclic) bond motifs is 1. The summed E-state index contributed by atoms with van der Waals surface area (Å²) in [5.41, 5.74) is 1.13. The first-order valence-corrected chi connectivity index (χ1v) is 6.42. The first-order chi connectivity index (χ1) is 7.45. The zero-order valence-corrected chi connectivity index (χ0v) is 10.5. The molecule has 2 heteroatoms. The molecule has 0 unspecified atom stereocenters. The second-order valence-electron chi connectivity index (χ2n) is 6.18. The van der Waals surface area contributed by atoms with Gasteiger partial charge in [0.15, 0.2) is 0 Å². The lowest BCUT2D eigenvalue weighted by Crippen LogP contribution is -2.55. The lowest BCUT2D eigenvalue weighted by molar-refractivity contribution is -0.126. The third kappa shape index (κ3) is 1.46. The van der Waals surface area contributed by atoms with Crippen LogP contribution in [0.4, 0.5) is 0 Å². The van der Waals surface area contributed by atoms with Crippen molar-refractivity contribution in [3.8, 4) is 0 Å². The lowest BCUT2D eigenvalue weighted by atomic mass is 9.49. The summed E-state index contributed by atoms with van der Waals surface area (Å²) in [5.74, 6) is 0.384. The molecule has 0 aromatic rings. The molecular formula is C14H24O2. The Labute approximate surface area is 98.4 Å². The maximum absolute atomic E-state index is 10.2. The fourth-order valence-corrected chi connectivity index (χ4v) is 3.99. The Bertz CT molecular complexity index is 299. The van der Waals surface area contributed by atoms with Crippen molar-refractivity contribution < 1.29 is 10.2 Å². The van der Waals surface area contributed by atoms with Gasteiger partial charge in [0, 0.05) is 5.41 Å². The van der Waals surface area contributed by atoms with Crippen molar-refractivity contribution in [2.75, 3.05) is 6.61 Å². The second-order valence-corrected chi connectivity index (χ2v) is 6.18. The van der Waals surface area contributed by atoms with Crippen molar-refractivity contribution in [2.45, 2.75) is 52.1 Å². The van der Waals surface area contributed by atoms with Crippen molar-refractivity contribution >= 4 is 0 Å². The minimum atomic E-state index is -0.360. The molecule has 2 aliphatic rings. The topological polar surface area (TPSA) is 40.5 Å². The average molecular weight is 224 g/mol. The van der Waals surface area contributed by atoms with Gasteiger partial charge >= 0.3 is 0 Å². The molecule has 2 rings (SSSR count). The van der Waals surface area contributed by atoms with Gasteiger partial charge in [0.2, 0.25) is 0 Å². The Balaban J connectivity index is 2.37. The van der Waals surface area contributed by atoms with Gasteiger partial charge in [0.1, 0.15) is 0 Å². The third-order valence-electron chi connectivity index (χ3n) is 5.38. The van der Waals surface area contributed by atoms with Crippen molar-refractivity contribution in [3.63, 3.8) is 0 Å². The Hall–Kier alpha value is -0.340. The molecule has 0 radical (unpaired) electrons. The molecule has 0 aromatic heterocycles. The normalized spacial score (nSPS) is 48.9. The first-order valence-electron chi connectivity index (χ1n) is 6.42. The summed E-state index contributed by atoms with van der Waals surface area (Å²) in [6, 6.07) is 0. The summed E-state index contributed by atoms with van der Waals surface area (Å²) in [7, 11) is 0. The van der Waals surface area contributed by atoms with Crippen LogP contribution >= 0.6 is 0 Å². The van der Waals surface area contributed by atoms with E-state index in [1.165, 1.54) is 5.57 Å². The van der Waals surface area contributed by atoms with Gasteiger partial charge in [-0.25, -0.2) is 0 Å². The molecule has 2 fully saturated rings. The van der Waals surface area contributed by atoms with Gasteiger partial charge in [-0.2, -0.15) is 0 Å². The number of hydrogen-bond donors (Lipinski definition) is 2. The molecule has 0 spiro atoms. The smallest absolute Gasteiger partial charge is 0.0619 e. The molecule has 0 bridgehead atoms. The number of aliphatic hydroxyl groups excluding tert-OH is 2. The van der Waals surface area contributed by atoms with Crippen LogP contribution in [0.2, 0.25) is 0 Å². The molecule has 0 saturated heterocycles. The van der Waals surface area contributed by atoms with Gasteiger partial charge in [-0.15, -0.1) is 0 Å². The second kappa shape index (κ2) is 3.85. The quantitative estimate of drug-likeness (QED) is 0.672. The minimum absolute atomic E-state index is 0.0850. The van der Waals surface area contributed by atoms with Crippen LogP contribution in [0.5, 0.6) is 0 Å². The molecule has 0 aliphatic heterocycles. The van der Waals surface area contributed by atoms with Crippen molar-refractivity contribution in [3.05, 3.63) is 12.2 Å². The molecule has 2 saturated carbocycles. The highest BCUT2D eigenvalue weighted by Crippen LogP contribution is 2.59. The van der Waals surface area contributed by atoms with Gasteiger partial charge in [-0.1, -0.05) is 26.0 Å². The predicted octanol–water partition coefficient (Wildman–Crippen LogP) is 2.50. The first kappa shape index (κ1) is 12.1. The summed E-state index contributed by atoms with van der Waals surface area (Å²) in [6.45, 7) is 8.63. The predicted molar refractivity (Wildman–Crippen MR) is 65.0 cm³/mol. The number of allylic oxidation sites excluding steroid dienone is 1. The molecule has 0 heterocycles. The van der Waals surface area contributed by atoms with Crippen LogP contribution in [0.1, 0.15) is 46.0 Å². The zero-order chi connectivity index (χ0) is 12.0. The summed E-state index contributed by atoms with van der Waals surface area (Å²) < 4.78 is 0. The summed E-state index contributed by atoms with van der Waals surface area (Å²) >= 11 is 0. The van der Waals surface area contributed by atoms with Crippen LogP contribution < -0.4 is 0 Å². The fraction of sp³-hybridized carbons (Fsp3) is 0.857. The van der Waals surface area contributed by atoms with Crippen LogP contribution in [0.15, 0.2) is 12.2 Å². The van der Waals surface area contributed by atoms with Gasteiger partial charge in [0.25, 0.3) is 0 Å². The molecule has 0 amide bonds. The van der Waals surface area contributed by atoms with Crippen molar-refractivity contribution in [1.29, 1.82) is 0 Å². The van der Waals surface area contributed by atoms with Crippen LogP contribution in [-0.2, 0) is 0 Å². The third-order valence-corrected chi connectivity index (χ3v) is 5.38. The highest BCUT2D eigenvalue weighted by molar-refractivity contribution is 5.19. The Morgan fingerprint density at radius 2 is 2.06 bits per heavy atom. The molecule has 2 N–H and O–H groups in total. The molecule has 2 aliphatic carbocycles. The van der Waals surface area contributed by atoms with Crippen LogP contribution in [0.3, 0.4) is 0 Å². The van der Waals surface area contributed by atoms with E-state index in [1.807, 2.05) is 6.92 Å². The van der Waals surface area contributed by atoms with E-state index < -0.39 is 0 Å². The number of hydrogen-bond acceptors (Lipinski definition) is 2. The minimum Gasteiger partial charge on any atom is -0.396 e. The highest BCUT2D eigenvalue weighted by atomic mass is 16.3. The fourth-order valence-electron chi connectivity index (χ4n) is 3.99. The van der Waals surface area contributed by atoms with E-state index in [9.17, 15) is 10.2 Å². The van der Waals surface area contributed by atoms with E-state index in [1.54, 1.807) is 0 Å². The van der Waals surface area contributed by atoms with Gasteiger partial charge in [-0.05, 0) is 43.4 Å². The van der Waals surface area contributed by atoms with Gasteiger partial charge in [0.05, 0.1) is 12.7 Å². The van der Waals surface area contributed by atoms with Crippen LogP contribution in [0, 0.1) is 16.7 Å². The van der Waals surface area contributed by atoms with Crippen molar-refractivity contribution in [2.24, 2.45) is 16.7 Å². The molecule has 92 valence electrons. The van der Waals surface area contributed by atoms with Crippen LogP contribution in [-0.4, -0.2) is 22.9 Å². The maximum atomic E-state index is 10.2. The van der Waals surface area contributed by atoms with Gasteiger partial charge in [-0.3, -0.25) is 0 Å². The van der Waals surface area contributed by atoms with E-state index in [-0.39, 0.29) is 23.5 Å². The SMILES string of the molecule is C=C1CCC[C@H]2[C@@](C)(CO)[C@@H](O)CC[C@]12C. The zero-order valence-electron chi connectivity index (χ0n) is 10.5. The summed E-state index contributed by atoms with van der Waals surface area (Å²) in [4.78, 5) is 0. The molecule has 0 aromatic carbocycles. The lowest BCUT2D eigenvalue weighted by Gasteiger charge is -2.57. The van der Waals surface area contributed by atoms with E-state index in [4.69, 9.17) is 0 Å². The number of aliphatic hydroxyl groups is 2. The van der Waals surface area contributed by atoms with E-state index >= 15 is 0 Å². The van der Waals surface area contributed by atoms with Crippen LogP contribution in [0.25, 0.3) is 0 Å². The highest BCUT2D eigenvalue weighted by Gasteiger charge is 2.54. The van der Waals surface area contributed by atoms with Crippen molar-refractivity contribution in [1.82, 2.24) is 0 Å². The summed E-state index contributed by atoms with van der Waals surface area (Å²) in [6.07, 6.45) is 4.84. The largest absolute Gasteiger partial charge is 0.396 e. The number of rotatable bonds is 1. The summed E-state index contributed by atoms with van der Waals surface area (Å²) in [5, 5.41) is 19.8. The molecule has 4 atom stereocenters. The Kier molecular flexibility index (Phi) is 2.92. The average Bonchev–Trinajstić information content (AvgIpc) is 2.27. The maximum Gasteiger partial charge on any atom is 0.0619 e. The Morgan fingerprint density at radius 1 is 1.38 bits per heavy atom. The molecule has 16 heavy (non-hydrogen) atoms. The monoisotopic (exact) mass is 224 g/mol. The van der Waals surface area contributed by atoms with E-state index in [0.29, 0.717) is 5.92 Å². The molecule has 2 nitrogen and oxygen atoms in total.